The molecule has 2 rings (SSSR count). The van der Waals surface area contributed by atoms with Crippen LogP contribution in [0.5, 0.6) is 0 Å². The lowest BCUT2D eigenvalue weighted by atomic mass is 10.1. The lowest BCUT2D eigenvalue weighted by molar-refractivity contribution is -0.143. The van der Waals surface area contributed by atoms with E-state index < -0.39 is 6.04 Å². The van der Waals surface area contributed by atoms with Crippen LogP contribution in [0.2, 0.25) is 0 Å². The van der Waals surface area contributed by atoms with Crippen LogP contribution < -0.4 is 5.32 Å². The van der Waals surface area contributed by atoms with E-state index in [0.717, 1.165) is 11.1 Å². The third kappa shape index (κ3) is 3.63. The molecule has 19 heavy (non-hydrogen) atoms. The molecule has 0 fully saturated rings. The fraction of sp³-hybridized carbons (Fsp3) is 0.200. The highest BCUT2D eigenvalue weighted by Gasteiger charge is 2.20. The second-order valence-corrected chi connectivity index (χ2v) is 4.11. The van der Waals surface area contributed by atoms with E-state index in [1.807, 2.05) is 42.5 Å². The number of methoxy groups -OCH3 is 1. The topological polar surface area (TPSA) is 51.2 Å². The first-order valence-electron chi connectivity index (χ1n) is 6.06. The van der Waals surface area contributed by atoms with Crippen molar-refractivity contribution in [1.29, 1.82) is 0 Å². The molecular weight excluding hydrogens is 240 g/mol. The number of carbonyl (C=O) groups excluding carboxylic acids is 1. The normalized spacial score (nSPS) is 11.8. The highest BCUT2D eigenvalue weighted by atomic mass is 16.5. The Kier molecular flexibility index (Phi) is 4.64. The number of benzene rings is 1. The molecule has 0 amide bonds. The van der Waals surface area contributed by atoms with E-state index in [2.05, 4.69) is 10.3 Å². The molecule has 0 saturated heterocycles. The first kappa shape index (κ1) is 13.2. The van der Waals surface area contributed by atoms with E-state index in [0.29, 0.717) is 6.54 Å². The number of nitrogens with zero attached hydrogens (tertiary/aromatic N) is 1. The number of hydrogen-bond acceptors (Lipinski definition) is 4. The maximum atomic E-state index is 11.8. The molecule has 0 aliphatic heterocycles. The highest BCUT2D eigenvalue weighted by molar-refractivity contribution is 5.77. The van der Waals surface area contributed by atoms with E-state index in [1.165, 1.54) is 7.11 Å². The van der Waals surface area contributed by atoms with Gasteiger partial charge in [0.15, 0.2) is 0 Å². The Hall–Kier alpha value is -2.20. The van der Waals surface area contributed by atoms with Crippen LogP contribution in [0.1, 0.15) is 17.2 Å². The Labute approximate surface area is 112 Å². The number of esters is 1. The van der Waals surface area contributed by atoms with E-state index in [-0.39, 0.29) is 5.97 Å². The molecule has 0 aliphatic carbocycles. The zero-order valence-corrected chi connectivity index (χ0v) is 10.7. The summed E-state index contributed by atoms with van der Waals surface area (Å²) in [5.74, 6) is -0.296. The van der Waals surface area contributed by atoms with Gasteiger partial charge in [0, 0.05) is 18.9 Å². The Morgan fingerprint density at radius 3 is 2.68 bits per heavy atom. The van der Waals surface area contributed by atoms with Crippen molar-refractivity contribution in [3.8, 4) is 0 Å². The number of pyridine rings is 1. The van der Waals surface area contributed by atoms with Crippen LogP contribution in [0.3, 0.4) is 0 Å². The molecule has 0 bridgehead atoms. The van der Waals surface area contributed by atoms with Gasteiger partial charge in [-0.15, -0.1) is 0 Å². The van der Waals surface area contributed by atoms with Crippen molar-refractivity contribution >= 4 is 5.97 Å². The number of carbonyl (C=O) groups is 1. The summed E-state index contributed by atoms with van der Waals surface area (Å²) in [6.45, 7) is 0.558. The minimum absolute atomic E-state index is 0.296. The molecule has 98 valence electrons. The van der Waals surface area contributed by atoms with Crippen molar-refractivity contribution < 1.29 is 9.53 Å². The van der Waals surface area contributed by atoms with Crippen molar-refractivity contribution in [3.63, 3.8) is 0 Å². The predicted octanol–water partition coefficient (Wildman–Crippen LogP) is 2.09. The van der Waals surface area contributed by atoms with Crippen LogP contribution in [-0.4, -0.2) is 18.1 Å². The Balaban J connectivity index is 2.09. The van der Waals surface area contributed by atoms with Crippen LogP contribution >= 0.6 is 0 Å². The first-order valence-corrected chi connectivity index (χ1v) is 6.06. The molecule has 0 radical (unpaired) electrons. The summed E-state index contributed by atoms with van der Waals surface area (Å²) < 4.78 is 4.84. The van der Waals surface area contributed by atoms with Crippen molar-refractivity contribution in [3.05, 3.63) is 66.0 Å². The summed E-state index contributed by atoms with van der Waals surface area (Å²) in [7, 11) is 1.39. The summed E-state index contributed by atoms with van der Waals surface area (Å²) in [5.41, 5.74) is 1.91. The monoisotopic (exact) mass is 256 g/mol. The van der Waals surface area contributed by atoms with Gasteiger partial charge in [0.25, 0.3) is 0 Å². The Morgan fingerprint density at radius 1 is 1.26 bits per heavy atom. The Bertz CT molecular complexity index is 514. The van der Waals surface area contributed by atoms with Crippen molar-refractivity contribution in [2.24, 2.45) is 0 Å². The van der Waals surface area contributed by atoms with Gasteiger partial charge in [0.2, 0.25) is 0 Å². The fourth-order valence-corrected chi connectivity index (χ4v) is 1.82. The zero-order chi connectivity index (χ0) is 13.5. The second-order valence-electron chi connectivity index (χ2n) is 4.11. The lowest BCUT2D eigenvalue weighted by Crippen LogP contribution is -2.29. The molecule has 0 spiro atoms. The molecule has 1 aromatic carbocycles. The van der Waals surface area contributed by atoms with Crippen LogP contribution in [-0.2, 0) is 16.1 Å². The highest BCUT2D eigenvalue weighted by Crippen LogP contribution is 2.14. The van der Waals surface area contributed by atoms with Crippen LogP contribution in [0.4, 0.5) is 0 Å². The van der Waals surface area contributed by atoms with Crippen molar-refractivity contribution in [2.45, 2.75) is 12.6 Å². The average molecular weight is 256 g/mol. The van der Waals surface area contributed by atoms with Crippen LogP contribution in [0.25, 0.3) is 0 Å². The lowest BCUT2D eigenvalue weighted by Gasteiger charge is -2.16. The predicted molar refractivity (Wildman–Crippen MR) is 72.3 cm³/mol. The molecule has 4 nitrogen and oxygen atoms in total. The summed E-state index contributed by atoms with van der Waals surface area (Å²) >= 11 is 0. The molecule has 1 atom stereocenters. The molecule has 2 aromatic rings. The molecule has 1 heterocycles. The van der Waals surface area contributed by atoms with E-state index in [4.69, 9.17) is 4.74 Å². The largest absolute Gasteiger partial charge is 0.468 e. The Morgan fingerprint density at radius 2 is 2.05 bits per heavy atom. The van der Waals surface area contributed by atoms with Gasteiger partial charge in [-0.1, -0.05) is 36.4 Å². The molecule has 0 aliphatic rings. The maximum absolute atomic E-state index is 11.8. The number of nitrogens with one attached hydrogen (secondary N) is 1. The maximum Gasteiger partial charge on any atom is 0.327 e. The summed E-state index contributed by atoms with van der Waals surface area (Å²) in [4.78, 5) is 15.9. The third-order valence-corrected chi connectivity index (χ3v) is 2.80. The van der Waals surface area contributed by atoms with Gasteiger partial charge in [0.05, 0.1) is 7.11 Å². The first-order chi connectivity index (χ1) is 9.31. The SMILES string of the molecule is COC(=O)C(NCc1cccnc1)c1ccccc1. The van der Waals surface area contributed by atoms with Crippen molar-refractivity contribution in [1.82, 2.24) is 10.3 Å². The molecule has 1 N–H and O–H groups in total. The summed E-state index contributed by atoms with van der Waals surface area (Å²) in [5, 5.41) is 3.19. The molecule has 1 unspecified atom stereocenters. The van der Waals surface area contributed by atoms with Gasteiger partial charge in [-0.2, -0.15) is 0 Å². The molecule has 4 heteroatoms. The molecule has 1 aromatic heterocycles. The average Bonchev–Trinajstić information content (AvgIpc) is 2.49. The fourth-order valence-electron chi connectivity index (χ4n) is 1.82. The number of rotatable bonds is 5. The minimum Gasteiger partial charge on any atom is -0.468 e. The van der Waals surface area contributed by atoms with Gasteiger partial charge in [0.1, 0.15) is 6.04 Å². The van der Waals surface area contributed by atoms with Gasteiger partial charge >= 0.3 is 5.97 Å². The number of hydrogen-bond donors (Lipinski definition) is 1. The van der Waals surface area contributed by atoms with Crippen molar-refractivity contribution in [2.75, 3.05) is 7.11 Å². The summed E-state index contributed by atoms with van der Waals surface area (Å²) in [6, 6.07) is 12.9. The van der Waals surface area contributed by atoms with Crippen LogP contribution in [0, 0.1) is 0 Å². The molecule has 0 saturated carbocycles. The zero-order valence-electron chi connectivity index (χ0n) is 10.7. The summed E-state index contributed by atoms with van der Waals surface area (Å²) in [6.07, 6.45) is 3.49. The van der Waals surface area contributed by atoms with Gasteiger partial charge in [-0.25, -0.2) is 4.79 Å². The van der Waals surface area contributed by atoms with E-state index in [1.54, 1.807) is 12.4 Å². The quantitative estimate of drug-likeness (QED) is 0.832. The van der Waals surface area contributed by atoms with Gasteiger partial charge in [-0.3, -0.25) is 10.3 Å². The minimum atomic E-state index is -0.466. The number of ether oxygens (including phenoxy) is 1. The van der Waals surface area contributed by atoms with Gasteiger partial charge in [-0.05, 0) is 17.2 Å². The second kappa shape index (κ2) is 6.66. The van der Waals surface area contributed by atoms with Crippen LogP contribution in [0.15, 0.2) is 54.9 Å². The third-order valence-electron chi connectivity index (χ3n) is 2.80. The smallest absolute Gasteiger partial charge is 0.327 e. The standard InChI is InChI=1S/C15H16N2O2/c1-19-15(18)14(13-7-3-2-4-8-13)17-11-12-6-5-9-16-10-12/h2-10,14,17H,11H2,1H3. The molecular formula is C15H16N2O2. The van der Waals surface area contributed by atoms with E-state index >= 15 is 0 Å². The van der Waals surface area contributed by atoms with Gasteiger partial charge < -0.3 is 4.74 Å². The van der Waals surface area contributed by atoms with E-state index in [9.17, 15) is 4.79 Å². The number of aromatic nitrogens is 1.